The number of halogens is 1. The van der Waals surface area contributed by atoms with E-state index in [1.54, 1.807) is 24.3 Å². The van der Waals surface area contributed by atoms with Gasteiger partial charge in [0, 0.05) is 17.4 Å². The average molecular weight is 333 g/mol. The number of anilines is 1. The van der Waals surface area contributed by atoms with E-state index in [-0.39, 0.29) is 16.5 Å². The molecule has 23 heavy (non-hydrogen) atoms. The molecule has 0 aliphatic carbocycles. The van der Waals surface area contributed by atoms with Gasteiger partial charge in [0.25, 0.3) is 5.91 Å². The third-order valence-electron chi connectivity index (χ3n) is 2.87. The number of amides is 1. The van der Waals surface area contributed by atoms with E-state index in [2.05, 4.69) is 10.3 Å². The smallest absolute Gasteiger partial charge is 0.338 e. The first kappa shape index (κ1) is 16.6. The van der Waals surface area contributed by atoms with Gasteiger partial charge in [0.15, 0.2) is 12.4 Å². The van der Waals surface area contributed by atoms with Crippen molar-refractivity contribution in [3.8, 4) is 0 Å². The molecule has 1 aromatic heterocycles. The average Bonchev–Trinajstić information content (AvgIpc) is 2.53. The highest BCUT2D eigenvalue weighted by Gasteiger charge is 2.11. The monoisotopic (exact) mass is 332 g/mol. The van der Waals surface area contributed by atoms with Crippen molar-refractivity contribution in [1.82, 2.24) is 4.98 Å². The number of ether oxygens (including phenoxy) is 1. The van der Waals surface area contributed by atoms with Crippen molar-refractivity contribution in [2.45, 2.75) is 6.92 Å². The topological polar surface area (TPSA) is 85.4 Å². The molecule has 7 heteroatoms. The van der Waals surface area contributed by atoms with Crippen LogP contribution in [0.5, 0.6) is 0 Å². The van der Waals surface area contributed by atoms with Crippen molar-refractivity contribution in [2.75, 3.05) is 11.9 Å². The van der Waals surface area contributed by atoms with Gasteiger partial charge in [0.1, 0.15) is 5.15 Å². The number of carbonyl (C=O) groups is 3. The Morgan fingerprint density at radius 2 is 1.83 bits per heavy atom. The van der Waals surface area contributed by atoms with Gasteiger partial charge in [-0.1, -0.05) is 11.6 Å². The number of aromatic nitrogens is 1. The van der Waals surface area contributed by atoms with Gasteiger partial charge < -0.3 is 10.1 Å². The van der Waals surface area contributed by atoms with E-state index < -0.39 is 18.5 Å². The number of esters is 1. The quantitative estimate of drug-likeness (QED) is 0.517. The minimum Gasteiger partial charge on any atom is -0.452 e. The summed E-state index contributed by atoms with van der Waals surface area (Å²) in [6.45, 7) is 1.02. The molecule has 0 spiro atoms. The Hall–Kier alpha value is -2.73. The van der Waals surface area contributed by atoms with Crippen molar-refractivity contribution in [1.29, 1.82) is 0 Å². The van der Waals surface area contributed by atoms with Crippen LogP contribution >= 0.6 is 11.6 Å². The number of nitrogens with one attached hydrogen (secondary N) is 1. The Labute approximate surface area is 137 Å². The number of Topliss-reactive ketones (excluding diaryl/α,β-unsaturated/α-hetero) is 1. The van der Waals surface area contributed by atoms with Crippen LogP contribution in [0.2, 0.25) is 5.15 Å². The molecule has 0 fully saturated rings. The van der Waals surface area contributed by atoms with Crippen LogP contribution in [0.3, 0.4) is 0 Å². The molecule has 1 N–H and O–H groups in total. The summed E-state index contributed by atoms with van der Waals surface area (Å²) in [5.41, 5.74) is 1.26. The second-order valence-corrected chi connectivity index (χ2v) is 5.01. The van der Waals surface area contributed by atoms with E-state index in [1.165, 1.54) is 25.3 Å². The maximum Gasteiger partial charge on any atom is 0.338 e. The van der Waals surface area contributed by atoms with Crippen LogP contribution in [-0.4, -0.2) is 29.3 Å². The number of nitrogens with zero attached hydrogens (tertiary/aromatic N) is 1. The zero-order chi connectivity index (χ0) is 16.8. The molecule has 6 nitrogen and oxygen atoms in total. The molecule has 1 aromatic carbocycles. The summed E-state index contributed by atoms with van der Waals surface area (Å²) in [6, 6.07) is 9.18. The van der Waals surface area contributed by atoms with Gasteiger partial charge in [-0.05, 0) is 43.3 Å². The summed E-state index contributed by atoms with van der Waals surface area (Å²) in [5.74, 6) is -1.22. The number of rotatable bonds is 5. The molecule has 118 valence electrons. The van der Waals surface area contributed by atoms with Crippen LogP contribution in [0.1, 0.15) is 27.6 Å². The Kier molecular flexibility index (Phi) is 5.43. The van der Waals surface area contributed by atoms with E-state index in [0.29, 0.717) is 11.3 Å². The maximum absolute atomic E-state index is 11.7. The number of benzene rings is 1. The second kappa shape index (κ2) is 7.51. The number of pyridine rings is 1. The summed E-state index contributed by atoms with van der Waals surface area (Å²) in [4.78, 5) is 38.4. The largest absolute Gasteiger partial charge is 0.452 e. The van der Waals surface area contributed by atoms with Crippen LogP contribution in [-0.2, 0) is 9.53 Å². The molecular formula is C16H13ClN2O4. The molecule has 1 amide bonds. The summed E-state index contributed by atoms with van der Waals surface area (Å²) in [5, 5.41) is 2.72. The van der Waals surface area contributed by atoms with E-state index >= 15 is 0 Å². The minimum absolute atomic E-state index is 0.0622. The van der Waals surface area contributed by atoms with E-state index in [4.69, 9.17) is 16.3 Å². The van der Waals surface area contributed by atoms with Gasteiger partial charge >= 0.3 is 5.97 Å². The zero-order valence-corrected chi connectivity index (χ0v) is 13.0. The molecular weight excluding hydrogens is 320 g/mol. The first-order valence-corrected chi connectivity index (χ1v) is 7.03. The molecule has 1 heterocycles. The SMILES string of the molecule is CC(=O)c1ccc(NC(=O)COC(=O)c2ccnc(Cl)c2)cc1. The fourth-order valence-corrected chi connectivity index (χ4v) is 1.90. The van der Waals surface area contributed by atoms with Crippen LogP contribution < -0.4 is 5.32 Å². The molecule has 2 rings (SSSR count). The Morgan fingerprint density at radius 1 is 1.13 bits per heavy atom. The predicted octanol–water partition coefficient (Wildman–Crippen LogP) is 2.73. The zero-order valence-electron chi connectivity index (χ0n) is 12.2. The first-order chi connectivity index (χ1) is 11.0. The third-order valence-corrected chi connectivity index (χ3v) is 3.08. The summed E-state index contributed by atoms with van der Waals surface area (Å²) < 4.78 is 4.89. The van der Waals surface area contributed by atoms with Crippen LogP contribution in [0.25, 0.3) is 0 Å². The lowest BCUT2D eigenvalue weighted by Gasteiger charge is -2.07. The highest BCUT2D eigenvalue weighted by molar-refractivity contribution is 6.29. The molecule has 0 aliphatic rings. The van der Waals surface area contributed by atoms with Crippen molar-refractivity contribution in [2.24, 2.45) is 0 Å². The van der Waals surface area contributed by atoms with Crippen LogP contribution in [0, 0.1) is 0 Å². The minimum atomic E-state index is -0.670. The molecule has 0 saturated carbocycles. The second-order valence-electron chi connectivity index (χ2n) is 4.63. The van der Waals surface area contributed by atoms with Crippen molar-refractivity contribution in [3.63, 3.8) is 0 Å². The lowest BCUT2D eigenvalue weighted by molar-refractivity contribution is -0.119. The number of carbonyl (C=O) groups excluding carboxylic acids is 3. The van der Waals surface area contributed by atoms with Gasteiger partial charge in [0.2, 0.25) is 0 Å². The van der Waals surface area contributed by atoms with Gasteiger partial charge in [-0.25, -0.2) is 9.78 Å². The fraction of sp³-hybridized carbons (Fsp3) is 0.125. The van der Waals surface area contributed by atoms with Crippen LogP contribution in [0.15, 0.2) is 42.6 Å². The first-order valence-electron chi connectivity index (χ1n) is 6.65. The van der Waals surface area contributed by atoms with Crippen molar-refractivity contribution >= 4 is 34.9 Å². The Balaban J connectivity index is 1.87. The number of hydrogen-bond donors (Lipinski definition) is 1. The molecule has 0 unspecified atom stereocenters. The summed E-state index contributed by atoms with van der Waals surface area (Å²) in [6.07, 6.45) is 1.37. The predicted molar refractivity (Wildman–Crippen MR) is 84.6 cm³/mol. The normalized spacial score (nSPS) is 10.0. The van der Waals surface area contributed by atoms with Crippen LogP contribution in [0.4, 0.5) is 5.69 Å². The Morgan fingerprint density at radius 3 is 2.43 bits per heavy atom. The van der Waals surface area contributed by atoms with Crippen molar-refractivity contribution < 1.29 is 19.1 Å². The number of hydrogen-bond acceptors (Lipinski definition) is 5. The molecule has 0 bridgehead atoms. The van der Waals surface area contributed by atoms with E-state index in [9.17, 15) is 14.4 Å². The highest BCUT2D eigenvalue weighted by Crippen LogP contribution is 2.11. The molecule has 0 aliphatic heterocycles. The summed E-state index contributed by atoms with van der Waals surface area (Å²) >= 11 is 5.67. The van der Waals surface area contributed by atoms with Gasteiger partial charge in [-0.3, -0.25) is 9.59 Å². The van der Waals surface area contributed by atoms with Gasteiger partial charge in [0.05, 0.1) is 5.56 Å². The third kappa shape index (κ3) is 4.89. The molecule has 0 radical (unpaired) electrons. The van der Waals surface area contributed by atoms with Crippen molar-refractivity contribution in [3.05, 3.63) is 58.9 Å². The lowest BCUT2D eigenvalue weighted by Crippen LogP contribution is -2.21. The lowest BCUT2D eigenvalue weighted by atomic mass is 10.1. The molecule has 2 aromatic rings. The highest BCUT2D eigenvalue weighted by atomic mass is 35.5. The fourth-order valence-electron chi connectivity index (χ4n) is 1.73. The standard InChI is InChI=1S/C16H13ClN2O4/c1-10(20)11-2-4-13(5-3-11)19-15(21)9-23-16(22)12-6-7-18-14(17)8-12/h2-8H,9H2,1H3,(H,19,21). The Bertz CT molecular complexity index is 744. The van der Waals surface area contributed by atoms with Gasteiger partial charge in [-0.2, -0.15) is 0 Å². The van der Waals surface area contributed by atoms with Gasteiger partial charge in [-0.15, -0.1) is 0 Å². The van der Waals surface area contributed by atoms with E-state index in [1.807, 2.05) is 0 Å². The molecule has 0 saturated heterocycles. The maximum atomic E-state index is 11.7. The summed E-state index contributed by atoms with van der Waals surface area (Å²) in [7, 11) is 0. The van der Waals surface area contributed by atoms with E-state index in [0.717, 1.165) is 0 Å². The molecule has 0 atom stereocenters. The number of ketones is 1.